The van der Waals surface area contributed by atoms with Crippen LogP contribution in [-0.4, -0.2) is 23.0 Å². The zero-order valence-corrected chi connectivity index (χ0v) is 8.53. The highest BCUT2D eigenvalue weighted by atomic mass is 16.4. The number of allylic oxidation sites excluding steroid dienone is 1. The second-order valence-corrected chi connectivity index (χ2v) is 4.34. The van der Waals surface area contributed by atoms with E-state index in [9.17, 15) is 9.59 Å². The number of carboxylic acids is 1. The van der Waals surface area contributed by atoms with Gasteiger partial charge in [0.05, 0.1) is 0 Å². The molecule has 82 valence electrons. The summed E-state index contributed by atoms with van der Waals surface area (Å²) in [6, 6.07) is 0.124. The summed E-state index contributed by atoms with van der Waals surface area (Å²) in [7, 11) is 0. The lowest BCUT2D eigenvalue weighted by atomic mass is 10.00. The van der Waals surface area contributed by atoms with Gasteiger partial charge in [0.2, 0.25) is 5.91 Å². The maximum absolute atomic E-state index is 11.7. The molecule has 0 aliphatic heterocycles. The van der Waals surface area contributed by atoms with E-state index in [0.717, 1.165) is 19.3 Å². The SMILES string of the molecule is O=C(O)C1(C(=O)NC2CC=CCC2)CC1. The van der Waals surface area contributed by atoms with E-state index in [4.69, 9.17) is 5.11 Å². The van der Waals surface area contributed by atoms with E-state index in [1.165, 1.54) is 0 Å². The minimum Gasteiger partial charge on any atom is -0.480 e. The van der Waals surface area contributed by atoms with Crippen LogP contribution in [0, 0.1) is 5.41 Å². The molecular formula is C11H15NO3. The number of carboxylic acid groups (broad SMARTS) is 1. The molecule has 0 bridgehead atoms. The van der Waals surface area contributed by atoms with Crippen LogP contribution in [0.1, 0.15) is 32.1 Å². The Kier molecular flexibility index (Phi) is 2.50. The van der Waals surface area contributed by atoms with Crippen molar-refractivity contribution in [2.45, 2.75) is 38.1 Å². The van der Waals surface area contributed by atoms with E-state index >= 15 is 0 Å². The first-order valence-corrected chi connectivity index (χ1v) is 5.34. The summed E-state index contributed by atoms with van der Waals surface area (Å²) in [5, 5.41) is 11.8. The van der Waals surface area contributed by atoms with Crippen LogP contribution in [0.25, 0.3) is 0 Å². The van der Waals surface area contributed by atoms with Gasteiger partial charge in [-0.05, 0) is 32.1 Å². The van der Waals surface area contributed by atoms with Crippen molar-refractivity contribution < 1.29 is 14.7 Å². The number of amides is 1. The number of hydrogen-bond donors (Lipinski definition) is 2. The number of rotatable bonds is 3. The van der Waals surface area contributed by atoms with Crippen LogP contribution in [0.5, 0.6) is 0 Å². The molecule has 0 aromatic carbocycles. The lowest BCUT2D eigenvalue weighted by Gasteiger charge is -2.21. The van der Waals surface area contributed by atoms with E-state index in [1.54, 1.807) is 0 Å². The molecule has 1 atom stereocenters. The third kappa shape index (κ3) is 1.89. The maximum Gasteiger partial charge on any atom is 0.319 e. The Balaban J connectivity index is 1.92. The van der Waals surface area contributed by atoms with Crippen molar-refractivity contribution in [3.05, 3.63) is 12.2 Å². The van der Waals surface area contributed by atoms with Crippen LogP contribution in [0.3, 0.4) is 0 Å². The van der Waals surface area contributed by atoms with E-state index in [1.807, 2.05) is 6.08 Å². The van der Waals surface area contributed by atoms with Gasteiger partial charge in [0.1, 0.15) is 5.41 Å². The topological polar surface area (TPSA) is 66.4 Å². The molecule has 1 fully saturated rings. The van der Waals surface area contributed by atoms with Gasteiger partial charge >= 0.3 is 5.97 Å². The zero-order chi connectivity index (χ0) is 10.9. The molecule has 4 heteroatoms. The molecule has 2 aliphatic carbocycles. The van der Waals surface area contributed by atoms with E-state index in [0.29, 0.717) is 12.8 Å². The summed E-state index contributed by atoms with van der Waals surface area (Å²) in [6.07, 6.45) is 7.79. The largest absolute Gasteiger partial charge is 0.480 e. The summed E-state index contributed by atoms with van der Waals surface area (Å²) in [5.74, 6) is -1.28. The number of aliphatic carboxylic acids is 1. The van der Waals surface area contributed by atoms with Gasteiger partial charge in [-0.2, -0.15) is 0 Å². The molecule has 0 saturated heterocycles. The maximum atomic E-state index is 11.7. The fourth-order valence-corrected chi connectivity index (χ4v) is 1.91. The summed E-state index contributed by atoms with van der Waals surface area (Å²) < 4.78 is 0. The van der Waals surface area contributed by atoms with Gasteiger partial charge < -0.3 is 10.4 Å². The molecule has 0 heterocycles. The van der Waals surface area contributed by atoms with Gasteiger partial charge in [0.25, 0.3) is 0 Å². The van der Waals surface area contributed by atoms with Crippen LogP contribution in [0.15, 0.2) is 12.2 Å². The Morgan fingerprint density at radius 2 is 2.07 bits per heavy atom. The molecule has 0 aromatic rings. The van der Waals surface area contributed by atoms with E-state index < -0.39 is 11.4 Å². The quantitative estimate of drug-likeness (QED) is 0.540. The van der Waals surface area contributed by atoms with E-state index in [-0.39, 0.29) is 11.9 Å². The van der Waals surface area contributed by atoms with Gasteiger partial charge in [-0.1, -0.05) is 12.2 Å². The fraction of sp³-hybridized carbons (Fsp3) is 0.636. The first kappa shape index (κ1) is 10.2. The van der Waals surface area contributed by atoms with Gasteiger partial charge in [-0.3, -0.25) is 9.59 Å². The summed E-state index contributed by atoms with van der Waals surface area (Å²) >= 11 is 0. The fourth-order valence-electron chi connectivity index (χ4n) is 1.91. The summed E-state index contributed by atoms with van der Waals surface area (Å²) in [6.45, 7) is 0. The first-order chi connectivity index (χ1) is 7.15. The minimum atomic E-state index is -1.10. The molecule has 2 aliphatic rings. The molecule has 0 aromatic heterocycles. The van der Waals surface area contributed by atoms with Crippen molar-refractivity contribution in [2.24, 2.45) is 5.41 Å². The van der Waals surface area contributed by atoms with Gasteiger partial charge in [0.15, 0.2) is 0 Å². The first-order valence-electron chi connectivity index (χ1n) is 5.34. The molecule has 1 saturated carbocycles. The second-order valence-electron chi connectivity index (χ2n) is 4.34. The molecule has 1 unspecified atom stereocenters. The number of hydrogen-bond acceptors (Lipinski definition) is 2. The molecule has 0 radical (unpaired) electrons. The lowest BCUT2D eigenvalue weighted by Crippen LogP contribution is -2.43. The van der Waals surface area contributed by atoms with Crippen molar-refractivity contribution in [2.75, 3.05) is 0 Å². The van der Waals surface area contributed by atoms with Crippen molar-refractivity contribution in [3.63, 3.8) is 0 Å². The highest BCUT2D eigenvalue weighted by Gasteiger charge is 2.57. The average molecular weight is 209 g/mol. The molecule has 2 N–H and O–H groups in total. The normalized spacial score (nSPS) is 27.1. The van der Waals surface area contributed by atoms with Crippen LogP contribution >= 0.6 is 0 Å². The van der Waals surface area contributed by atoms with Crippen LogP contribution in [0.4, 0.5) is 0 Å². The lowest BCUT2D eigenvalue weighted by molar-refractivity contribution is -0.149. The Morgan fingerprint density at radius 3 is 2.53 bits per heavy atom. The molecule has 1 amide bonds. The molecular weight excluding hydrogens is 194 g/mol. The number of carbonyl (C=O) groups excluding carboxylic acids is 1. The highest BCUT2D eigenvalue weighted by molar-refractivity contribution is 6.04. The van der Waals surface area contributed by atoms with Gasteiger partial charge in [-0.15, -0.1) is 0 Å². The zero-order valence-electron chi connectivity index (χ0n) is 8.53. The number of nitrogens with one attached hydrogen (secondary N) is 1. The van der Waals surface area contributed by atoms with Crippen molar-refractivity contribution in [1.29, 1.82) is 0 Å². The molecule has 4 nitrogen and oxygen atoms in total. The predicted molar refractivity (Wildman–Crippen MR) is 54.2 cm³/mol. The Morgan fingerprint density at radius 1 is 1.33 bits per heavy atom. The molecule has 0 spiro atoms. The monoisotopic (exact) mass is 209 g/mol. The summed E-state index contributed by atoms with van der Waals surface area (Å²) in [5.41, 5.74) is -1.10. The predicted octanol–water partition coefficient (Wildman–Crippen LogP) is 1.08. The minimum absolute atomic E-state index is 0.124. The van der Waals surface area contributed by atoms with Crippen molar-refractivity contribution in [1.82, 2.24) is 5.32 Å². The van der Waals surface area contributed by atoms with Crippen LogP contribution in [0.2, 0.25) is 0 Å². The van der Waals surface area contributed by atoms with Crippen molar-refractivity contribution >= 4 is 11.9 Å². The third-order valence-electron chi connectivity index (χ3n) is 3.20. The Bertz CT molecular complexity index is 318. The number of carbonyl (C=O) groups is 2. The van der Waals surface area contributed by atoms with Crippen molar-refractivity contribution in [3.8, 4) is 0 Å². The van der Waals surface area contributed by atoms with Gasteiger partial charge in [0, 0.05) is 6.04 Å². The Labute approximate surface area is 88.4 Å². The van der Waals surface area contributed by atoms with Crippen LogP contribution < -0.4 is 5.32 Å². The smallest absolute Gasteiger partial charge is 0.319 e. The standard InChI is InChI=1S/C11H15NO3/c13-9(11(6-7-11)10(14)15)12-8-4-2-1-3-5-8/h1-2,8H,3-7H2,(H,12,13)(H,14,15). The van der Waals surface area contributed by atoms with Gasteiger partial charge in [-0.25, -0.2) is 0 Å². The Hall–Kier alpha value is -1.32. The molecule has 15 heavy (non-hydrogen) atoms. The van der Waals surface area contributed by atoms with E-state index in [2.05, 4.69) is 11.4 Å². The highest BCUT2D eigenvalue weighted by Crippen LogP contribution is 2.46. The third-order valence-corrected chi connectivity index (χ3v) is 3.20. The van der Waals surface area contributed by atoms with Crippen LogP contribution in [-0.2, 0) is 9.59 Å². The second kappa shape index (κ2) is 3.68. The average Bonchev–Trinajstić information content (AvgIpc) is 2.99. The summed E-state index contributed by atoms with van der Waals surface area (Å²) in [4.78, 5) is 22.6. The molecule has 2 rings (SSSR count).